The van der Waals surface area contributed by atoms with Crippen LogP contribution in [0.3, 0.4) is 0 Å². The molecule has 0 spiro atoms. The Morgan fingerprint density at radius 2 is 2.00 bits per heavy atom. The zero-order chi connectivity index (χ0) is 11.0. The molecule has 1 aliphatic heterocycles. The average molecular weight is 204 g/mol. The first kappa shape index (κ1) is 9.76. The summed E-state index contributed by atoms with van der Waals surface area (Å²) in [6, 6.07) is 3.55. The zero-order valence-electron chi connectivity index (χ0n) is 8.93. The Morgan fingerprint density at radius 1 is 1.27 bits per heavy atom. The van der Waals surface area contributed by atoms with Crippen molar-refractivity contribution in [2.24, 2.45) is 11.0 Å². The number of hydrogen-bond donors (Lipinski definition) is 0. The van der Waals surface area contributed by atoms with Gasteiger partial charge < -0.3 is 0 Å². The number of aromatic nitrogens is 2. The minimum absolute atomic E-state index is 0.0503. The van der Waals surface area contributed by atoms with Gasteiger partial charge in [-0.2, -0.15) is 15.2 Å². The van der Waals surface area contributed by atoms with Gasteiger partial charge in [-0.25, -0.2) is 0 Å². The number of amides is 1. The highest BCUT2D eigenvalue weighted by molar-refractivity contribution is 6.14. The van der Waals surface area contributed by atoms with E-state index in [-0.39, 0.29) is 11.8 Å². The quantitative estimate of drug-likeness (QED) is 0.689. The molecule has 0 bridgehead atoms. The third kappa shape index (κ3) is 1.60. The van der Waals surface area contributed by atoms with Crippen molar-refractivity contribution in [2.45, 2.75) is 20.8 Å². The molecular weight excluding hydrogens is 192 g/mol. The van der Waals surface area contributed by atoms with E-state index in [9.17, 15) is 4.79 Å². The molecule has 0 fully saturated rings. The first-order valence-corrected chi connectivity index (χ1v) is 4.79. The maximum Gasteiger partial charge on any atom is 0.257 e. The van der Waals surface area contributed by atoms with Gasteiger partial charge in [0.1, 0.15) is 0 Å². The molecule has 0 saturated carbocycles. The van der Waals surface area contributed by atoms with Crippen molar-refractivity contribution in [3.63, 3.8) is 0 Å². The first-order valence-electron chi connectivity index (χ1n) is 4.79. The standard InChI is InChI=1S/C10H12N4O/c1-6-4-5-9(12-11-6)14-10(15)7(2)8(3)13-14/h4-5,7H,1-3H3. The molecule has 1 amide bonds. The third-order valence-corrected chi connectivity index (χ3v) is 2.46. The smallest absolute Gasteiger partial charge is 0.257 e. The Kier molecular flexibility index (Phi) is 2.22. The van der Waals surface area contributed by atoms with E-state index in [2.05, 4.69) is 15.3 Å². The van der Waals surface area contributed by atoms with Crippen LogP contribution in [0.15, 0.2) is 17.2 Å². The van der Waals surface area contributed by atoms with Gasteiger partial charge in [-0.15, -0.1) is 5.10 Å². The van der Waals surface area contributed by atoms with E-state index in [0.29, 0.717) is 5.82 Å². The van der Waals surface area contributed by atoms with E-state index in [1.807, 2.05) is 26.8 Å². The van der Waals surface area contributed by atoms with Crippen LogP contribution in [-0.4, -0.2) is 21.8 Å². The Labute approximate surface area is 87.8 Å². The van der Waals surface area contributed by atoms with E-state index < -0.39 is 0 Å². The monoisotopic (exact) mass is 204 g/mol. The number of hydrogen-bond acceptors (Lipinski definition) is 4. The minimum atomic E-state index is -0.159. The van der Waals surface area contributed by atoms with Gasteiger partial charge in [0.05, 0.1) is 11.6 Å². The molecule has 1 aromatic rings. The van der Waals surface area contributed by atoms with Gasteiger partial charge in [0, 0.05) is 5.71 Å². The van der Waals surface area contributed by atoms with Crippen LogP contribution in [0.25, 0.3) is 0 Å². The number of anilines is 1. The van der Waals surface area contributed by atoms with E-state index in [4.69, 9.17) is 0 Å². The van der Waals surface area contributed by atoms with Crippen molar-refractivity contribution < 1.29 is 4.79 Å². The number of hydrazone groups is 1. The van der Waals surface area contributed by atoms with Gasteiger partial charge in [-0.05, 0) is 32.9 Å². The number of nitrogens with zero attached hydrogens (tertiary/aromatic N) is 4. The molecule has 2 heterocycles. The lowest BCUT2D eigenvalue weighted by Crippen LogP contribution is -2.26. The molecule has 5 heteroatoms. The Hall–Kier alpha value is -1.78. The fraction of sp³-hybridized carbons (Fsp3) is 0.400. The molecule has 0 saturated heterocycles. The van der Waals surface area contributed by atoms with Crippen LogP contribution < -0.4 is 5.01 Å². The topological polar surface area (TPSA) is 58.5 Å². The van der Waals surface area contributed by atoms with Gasteiger partial charge >= 0.3 is 0 Å². The molecule has 1 aromatic heterocycles. The molecule has 1 unspecified atom stereocenters. The molecule has 0 radical (unpaired) electrons. The average Bonchev–Trinajstić information content (AvgIpc) is 2.47. The summed E-state index contributed by atoms with van der Waals surface area (Å²) in [7, 11) is 0. The van der Waals surface area contributed by atoms with E-state index >= 15 is 0 Å². The largest absolute Gasteiger partial charge is 0.272 e. The Balaban J connectivity index is 2.33. The van der Waals surface area contributed by atoms with Crippen molar-refractivity contribution in [2.75, 3.05) is 5.01 Å². The predicted molar refractivity (Wildman–Crippen MR) is 56.5 cm³/mol. The summed E-state index contributed by atoms with van der Waals surface area (Å²) in [6.07, 6.45) is 0. The number of carbonyl (C=O) groups is 1. The van der Waals surface area contributed by atoms with Crippen LogP contribution in [0, 0.1) is 12.8 Å². The van der Waals surface area contributed by atoms with E-state index in [1.54, 1.807) is 6.07 Å². The lowest BCUT2D eigenvalue weighted by Gasteiger charge is -2.10. The van der Waals surface area contributed by atoms with Gasteiger partial charge in [0.25, 0.3) is 5.91 Å². The highest BCUT2D eigenvalue weighted by Gasteiger charge is 2.31. The van der Waals surface area contributed by atoms with Gasteiger partial charge in [0.15, 0.2) is 5.82 Å². The first-order chi connectivity index (χ1) is 7.09. The Morgan fingerprint density at radius 3 is 2.47 bits per heavy atom. The second-order valence-corrected chi connectivity index (χ2v) is 3.65. The van der Waals surface area contributed by atoms with Crippen molar-refractivity contribution in [3.8, 4) is 0 Å². The Bertz CT molecular complexity index is 424. The maximum absolute atomic E-state index is 11.7. The lowest BCUT2D eigenvalue weighted by molar-refractivity contribution is -0.119. The summed E-state index contributed by atoms with van der Waals surface area (Å²) in [5.41, 5.74) is 1.63. The predicted octanol–water partition coefficient (Wildman–Crippen LogP) is 1.14. The molecule has 0 aliphatic carbocycles. The number of rotatable bonds is 1. The van der Waals surface area contributed by atoms with E-state index in [0.717, 1.165) is 11.4 Å². The molecule has 1 atom stereocenters. The normalized spacial score (nSPS) is 20.7. The number of aryl methyl sites for hydroxylation is 1. The molecule has 15 heavy (non-hydrogen) atoms. The second kappa shape index (κ2) is 3.42. The molecule has 0 N–H and O–H groups in total. The highest BCUT2D eigenvalue weighted by atomic mass is 16.2. The number of carbonyl (C=O) groups excluding carboxylic acids is 1. The van der Waals surface area contributed by atoms with Gasteiger partial charge in [-0.1, -0.05) is 0 Å². The molecule has 78 valence electrons. The molecule has 0 aromatic carbocycles. The van der Waals surface area contributed by atoms with Crippen LogP contribution in [0.5, 0.6) is 0 Å². The molecule has 2 rings (SSSR count). The van der Waals surface area contributed by atoms with Crippen LogP contribution in [0.4, 0.5) is 5.82 Å². The summed E-state index contributed by atoms with van der Waals surface area (Å²) >= 11 is 0. The fourth-order valence-corrected chi connectivity index (χ4v) is 1.32. The molecule has 5 nitrogen and oxygen atoms in total. The summed E-state index contributed by atoms with van der Waals surface area (Å²) in [6.45, 7) is 5.52. The highest BCUT2D eigenvalue weighted by Crippen LogP contribution is 2.20. The van der Waals surface area contributed by atoms with Crippen LogP contribution in [-0.2, 0) is 4.79 Å². The summed E-state index contributed by atoms with van der Waals surface area (Å²) in [5, 5.41) is 13.3. The summed E-state index contributed by atoms with van der Waals surface area (Å²) in [4.78, 5) is 11.7. The summed E-state index contributed by atoms with van der Waals surface area (Å²) in [5.74, 6) is 0.271. The fourth-order valence-electron chi connectivity index (χ4n) is 1.32. The van der Waals surface area contributed by atoms with Crippen molar-refractivity contribution in [3.05, 3.63) is 17.8 Å². The van der Waals surface area contributed by atoms with Crippen molar-refractivity contribution >= 4 is 17.4 Å². The lowest BCUT2D eigenvalue weighted by atomic mass is 10.1. The van der Waals surface area contributed by atoms with Crippen molar-refractivity contribution in [1.82, 2.24) is 10.2 Å². The van der Waals surface area contributed by atoms with Gasteiger partial charge in [0.2, 0.25) is 0 Å². The van der Waals surface area contributed by atoms with Crippen LogP contribution in [0.2, 0.25) is 0 Å². The zero-order valence-corrected chi connectivity index (χ0v) is 8.93. The SMILES string of the molecule is CC1=NN(c2ccc(C)nn2)C(=O)C1C. The maximum atomic E-state index is 11.7. The minimum Gasteiger partial charge on any atom is -0.272 e. The second-order valence-electron chi connectivity index (χ2n) is 3.65. The van der Waals surface area contributed by atoms with Crippen LogP contribution >= 0.6 is 0 Å². The molecular formula is C10H12N4O. The third-order valence-electron chi connectivity index (χ3n) is 2.46. The van der Waals surface area contributed by atoms with Crippen molar-refractivity contribution in [1.29, 1.82) is 0 Å². The van der Waals surface area contributed by atoms with Gasteiger partial charge in [-0.3, -0.25) is 4.79 Å². The summed E-state index contributed by atoms with van der Waals surface area (Å²) < 4.78 is 0. The molecule has 1 aliphatic rings. The van der Waals surface area contributed by atoms with E-state index in [1.165, 1.54) is 5.01 Å². The van der Waals surface area contributed by atoms with Crippen LogP contribution in [0.1, 0.15) is 19.5 Å².